The Morgan fingerprint density at radius 3 is 2.53 bits per heavy atom. The van der Waals surface area contributed by atoms with Crippen molar-refractivity contribution < 1.29 is 9.18 Å². The normalized spacial score (nSPS) is 10.5. The largest absolute Gasteiger partial charge is 0.295 e. The van der Waals surface area contributed by atoms with E-state index in [2.05, 4.69) is 0 Å². The van der Waals surface area contributed by atoms with Crippen LogP contribution in [0.25, 0.3) is 0 Å². The number of Topliss-reactive ketones (excluding diaryl/α,β-unsaturated/α-hetero) is 1. The summed E-state index contributed by atoms with van der Waals surface area (Å²) in [5, 5.41) is 0.144. The van der Waals surface area contributed by atoms with Crippen LogP contribution in [-0.2, 0) is 5.75 Å². The van der Waals surface area contributed by atoms with Gasteiger partial charge in [0.25, 0.3) is 0 Å². The molecule has 2 aromatic carbocycles. The van der Waals surface area contributed by atoms with Crippen molar-refractivity contribution in [1.82, 2.24) is 0 Å². The summed E-state index contributed by atoms with van der Waals surface area (Å²) in [6, 6.07) is 12.3. The predicted molar refractivity (Wildman–Crippen MR) is 77.4 cm³/mol. The number of carbonyl (C=O) groups is 1. The zero-order valence-electron chi connectivity index (χ0n) is 10.3. The van der Waals surface area contributed by atoms with Gasteiger partial charge in [0.15, 0.2) is 5.78 Å². The molecule has 4 heteroatoms. The van der Waals surface area contributed by atoms with Gasteiger partial charge in [-0.15, -0.1) is 11.8 Å². The molecule has 0 aliphatic rings. The molecule has 0 aliphatic heterocycles. The molecule has 0 saturated carbocycles. The van der Waals surface area contributed by atoms with Crippen molar-refractivity contribution >= 4 is 29.1 Å². The van der Waals surface area contributed by atoms with Crippen LogP contribution in [0, 0.1) is 5.82 Å². The van der Waals surface area contributed by atoms with Crippen LogP contribution < -0.4 is 0 Å². The quantitative estimate of drug-likeness (QED) is 0.585. The van der Waals surface area contributed by atoms with Gasteiger partial charge in [-0.1, -0.05) is 35.9 Å². The number of rotatable bonds is 4. The van der Waals surface area contributed by atoms with Crippen LogP contribution in [0.3, 0.4) is 0 Å². The maximum atomic E-state index is 13.7. The SMILES string of the molecule is CC(=O)c1ccc(SCc2cccc(Cl)c2F)cc1. The van der Waals surface area contributed by atoms with Gasteiger partial charge in [-0.05, 0) is 30.7 Å². The molecule has 0 bridgehead atoms. The lowest BCUT2D eigenvalue weighted by Crippen LogP contribution is -1.91. The van der Waals surface area contributed by atoms with Crippen molar-refractivity contribution in [3.63, 3.8) is 0 Å². The summed E-state index contributed by atoms with van der Waals surface area (Å²) in [5.41, 5.74) is 1.26. The van der Waals surface area contributed by atoms with Crippen molar-refractivity contribution in [1.29, 1.82) is 0 Å². The van der Waals surface area contributed by atoms with E-state index in [0.29, 0.717) is 16.9 Å². The van der Waals surface area contributed by atoms with Crippen molar-refractivity contribution in [2.24, 2.45) is 0 Å². The molecule has 19 heavy (non-hydrogen) atoms. The lowest BCUT2D eigenvalue weighted by molar-refractivity contribution is 0.101. The summed E-state index contributed by atoms with van der Waals surface area (Å²) in [6.07, 6.45) is 0. The van der Waals surface area contributed by atoms with Gasteiger partial charge in [0.2, 0.25) is 0 Å². The van der Waals surface area contributed by atoms with Crippen molar-refractivity contribution in [3.8, 4) is 0 Å². The van der Waals surface area contributed by atoms with Gasteiger partial charge in [-0.25, -0.2) is 4.39 Å². The highest BCUT2D eigenvalue weighted by Crippen LogP contribution is 2.26. The van der Waals surface area contributed by atoms with E-state index in [1.807, 2.05) is 12.1 Å². The summed E-state index contributed by atoms with van der Waals surface area (Å²) in [7, 11) is 0. The fraction of sp³-hybridized carbons (Fsp3) is 0.133. The molecule has 0 aromatic heterocycles. The van der Waals surface area contributed by atoms with Gasteiger partial charge >= 0.3 is 0 Å². The summed E-state index contributed by atoms with van der Waals surface area (Å²) in [6.45, 7) is 1.53. The maximum absolute atomic E-state index is 13.7. The van der Waals surface area contributed by atoms with Gasteiger partial charge in [-0.2, -0.15) is 0 Å². The van der Waals surface area contributed by atoms with Crippen LogP contribution in [-0.4, -0.2) is 5.78 Å². The Balaban J connectivity index is 2.06. The number of thioether (sulfide) groups is 1. The molecule has 98 valence electrons. The molecule has 0 unspecified atom stereocenters. The Labute approximate surface area is 120 Å². The number of ketones is 1. The molecule has 0 aliphatic carbocycles. The summed E-state index contributed by atoms with van der Waals surface area (Å²) >= 11 is 7.24. The highest BCUT2D eigenvalue weighted by atomic mass is 35.5. The maximum Gasteiger partial charge on any atom is 0.159 e. The van der Waals surface area contributed by atoms with Gasteiger partial charge in [0.05, 0.1) is 5.02 Å². The number of hydrogen-bond donors (Lipinski definition) is 0. The second-order valence-electron chi connectivity index (χ2n) is 4.08. The number of halogens is 2. The first-order valence-electron chi connectivity index (χ1n) is 5.74. The number of carbonyl (C=O) groups excluding carboxylic acids is 1. The zero-order valence-corrected chi connectivity index (χ0v) is 11.9. The van der Waals surface area contributed by atoms with Crippen molar-refractivity contribution in [3.05, 3.63) is 64.4 Å². The van der Waals surface area contributed by atoms with E-state index in [-0.39, 0.29) is 16.6 Å². The molecule has 0 amide bonds. The van der Waals surface area contributed by atoms with E-state index >= 15 is 0 Å². The Hall–Kier alpha value is -1.32. The first-order valence-corrected chi connectivity index (χ1v) is 7.11. The molecule has 0 spiro atoms. The van der Waals surface area contributed by atoms with E-state index in [1.165, 1.54) is 24.8 Å². The van der Waals surface area contributed by atoms with E-state index in [1.54, 1.807) is 24.3 Å². The van der Waals surface area contributed by atoms with Crippen LogP contribution in [0.4, 0.5) is 4.39 Å². The minimum Gasteiger partial charge on any atom is -0.295 e. The molecular formula is C15H12ClFOS. The smallest absolute Gasteiger partial charge is 0.159 e. The molecule has 1 nitrogen and oxygen atoms in total. The molecule has 0 saturated heterocycles. The Morgan fingerprint density at radius 1 is 1.21 bits per heavy atom. The number of hydrogen-bond acceptors (Lipinski definition) is 2. The number of benzene rings is 2. The third-order valence-electron chi connectivity index (χ3n) is 2.69. The fourth-order valence-corrected chi connectivity index (χ4v) is 2.67. The third-order valence-corrected chi connectivity index (χ3v) is 4.04. The van der Waals surface area contributed by atoms with Gasteiger partial charge in [0, 0.05) is 16.2 Å². The first-order chi connectivity index (χ1) is 9.08. The molecule has 0 atom stereocenters. The van der Waals surface area contributed by atoms with Crippen LogP contribution in [0.5, 0.6) is 0 Å². The van der Waals surface area contributed by atoms with E-state index in [9.17, 15) is 9.18 Å². The highest BCUT2D eigenvalue weighted by Gasteiger charge is 2.07. The molecule has 0 fully saturated rings. The van der Waals surface area contributed by atoms with Crippen molar-refractivity contribution in [2.45, 2.75) is 17.6 Å². The fourth-order valence-electron chi connectivity index (χ4n) is 1.61. The van der Waals surface area contributed by atoms with Crippen LogP contribution >= 0.6 is 23.4 Å². The summed E-state index contributed by atoms with van der Waals surface area (Å²) in [4.78, 5) is 12.1. The van der Waals surface area contributed by atoms with Gasteiger partial charge in [-0.3, -0.25) is 4.79 Å². The molecular weight excluding hydrogens is 283 g/mol. The summed E-state index contributed by atoms with van der Waals surface area (Å²) < 4.78 is 13.7. The average molecular weight is 295 g/mol. The molecule has 0 heterocycles. The average Bonchev–Trinajstić information content (AvgIpc) is 2.41. The second kappa shape index (κ2) is 6.22. The van der Waals surface area contributed by atoms with Crippen LogP contribution in [0.2, 0.25) is 5.02 Å². The van der Waals surface area contributed by atoms with Gasteiger partial charge in [0.1, 0.15) is 5.82 Å². The molecule has 2 rings (SSSR count). The molecule has 0 N–H and O–H groups in total. The monoisotopic (exact) mass is 294 g/mol. The lowest BCUT2D eigenvalue weighted by atomic mass is 10.2. The van der Waals surface area contributed by atoms with Crippen LogP contribution in [0.1, 0.15) is 22.8 Å². The Morgan fingerprint density at radius 2 is 1.89 bits per heavy atom. The predicted octanol–water partition coefficient (Wildman–Crippen LogP) is 4.97. The topological polar surface area (TPSA) is 17.1 Å². The zero-order chi connectivity index (χ0) is 13.8. The van der Waals surface area contributed by atoms with Crippen LogP contribution in [0.15, 0.2) is 47.4 Å². The third kappa shape index (κ3) is 3.58. The lowest BCUT2D eigenvalue weighted by Gasteiger charge is -2.05. The molecule has 2 aromatic rings. The Bertz CT molecular complexity index is 596. The van der Waals surface area contributed by atoms with Gasteiger partial charge < -0.3 is 0 Å². The second-order valence-corrected chi connectivity index (χ2v) is 5.54. The standard InChI is InChI=1S/C15H12ClFOS/c1-10(18)11-5-7-13(8-6-11)19-9-12-3-2-4-14(16)15(12)17/h2-8H,9H2,1H3. The van der Waals surface area contributed by atoms with Crippen molar-refractivity contribution in [2.75, 3.05) is 0 Å². The first kappa shape index (κ1) is 14.1. The highest BCUT2D eigenvalue weighted by molar-refractivity contribution is 7.98. The Kier molecular flexibility index (Phi) is 4.61. The minimum absolute atomic E-state index is 0.0393. The molecule has 0 radical (unpaired) electrons. The summed E-state index contributed by atoms with van der Waals surface area (Å²) in [5.74, 6) is 0.181. The van der Waals surface area contributed by atoms with E-state index in [4.69, 9.17) is 11.6 Å². The van der Waals surface area contributed by atoms with E-state index in [0.717, 1.165) is 4.90 Å². The van der Waals surface area contributed by atoms with E-state index < -0.39 is 0 Å². The minimum atomic E-state index is -0.364.